The average Bonchev–Trinajstić information content (AvgIpc) is 2.36. The summed E-state index contributed by atoms with van der Waals surface area (Å²) >= 11 is 3.38. The molecule has 0 bridgehead atoms. The molecule has 1 aliphatic heterocycles. The van der Waals surface area contributed by atoms with Crippen molar-refractivity contribution in [1.29, 1.82) is 0 Å². The number of ketones is 1. The molecule has 2 rings (SSSR count). The lowest BCUT2D eigenvalue weighted by atomic mass is 10.1. The third-order valence-electron chi connectivity index (χ3n) is 3.32. The molecule has 1 saturated heterocycles. The van der Waals surface area contributed by atoms with Crippen LogP contribution in [-0.2, 0) is 4.74 Å². The van der Waals surface area contributed by atoms with E-state index < -0.39 is 0 Å². The minimum absolute atomic E-state index is 0.208. The Balaban J connectivity index is 1.84. The summed E-state index contributed by atoms with van der Waals surface area (Å²) in [4.78, 5) is 14.4. The minimum atomic E-state index is 0.208. The Morgan fingerprint density at radius 3 is 2.42 bits per heavy atom. The van der Waals surface area contributed by atoms with Gasteiger partial charge in [-0.3, -0.25) is 9.69 Å². The maximum atomic E-state index is 12.1. The summed E-state index contributed by atoms with van der Waals surface area (Å²) in [5.74, 6) is 0.208. The van der Waals surface area contributed by atoms with E-state index in [9.17, 15) is 4.79 Å². The number of carbonyl (C=O) groups excluding carboxylic acids is 1. The van der Waals surface area contributed by atoms with Crippen molar-refractivity contribution in [3.63, 3.8) is 0 Å². The number of rotatable bonds is 4. The summed E-state index contributed by atoms with van der Waals surface area (Å²) in [5.41, 5.74) is 0.789. The van der Waals surface area contributed by atoms with Gasteiger partial charge in [-0.2, -0.15) is 0 Å². The highest BCUT2D eigenvalue weighted by atomic mass is 79.9. The Hall–Kier alpha value is -0.710. The highest BCUT2D eigenvalue weighted by Gasteiger charge is 2.22. The Labute approximate surface area is 123 Å². The van der Waals surface area contributed by atoms with Gasteiger partial charge >= 0.3 is 0 Å². The van der Waals surface area contributed by atoms with Crippen molar-refractivity contribution in [2.24, 2.45) is 0 Å². The van der Waals surface area contributed by atoms with Crippen LogP contribution in [0.25, 0.3) is 0 Å². The van der Waals surface area contributed by atoms with Crippen molar-refractivity contribution in [1.82, 2.24) is 4.90 Å². The molecule has 2 atom stereocenters. The lowest BCUT2D eigenvalue weighted by molar-refractivity contribution is -0.0675. The Kier molecular flexibility index (Phi) is 5.13. The number of hydrogen-bond donors (Lipinski definition) is 0. The highest BCUT2D eigenvalue weighted by Crippen LogP contribution is 2.14. The normalized spacial score (nSPS) is 24.4. The number of halogens is 1. The maximum Gasteiger partial charge on any atom is 0.164 e. The summed E-state index contributed by atoms with van der Waals surface area (Å²) in [6.45, 7) is 6.81. The van der Waals surface area contributed by atoms with E-state index >= 15 is 0 Å². The second kappa shape index (κ2) is 6.64. The van der Waals surface area contributed by atoms with E-state index in [4.69, 9.17) is 4.74 Å². The van der Waals surface area contributed by atoms with Gasteiger partial charge in [-0.25, -0.2) is 0 Å². The van der Waals surface area contributed by atoms with Gasteiger partial charge in [0.25, 0.3) is 0 Å². The van der Waals surface area contributed by atoms with E-state index in [1.165, 1.54) is 0 Å². The smallest absolute Gasteiger partial charge is 0.164 e. The predicted octanol–water partition coefficient (Wildman–Crippen LogP) is 3.13. The van der Waals surface area contributed by atoms with Gasteiger partial charge in [-0.05, 0) is 26.0 Å². The van der Waals surface area contributed by atoms with Crippen LogP contribution in [0.15, 0.2) is 28.7 Å². The van der Waals surface area contributed by atoms with Gasteiger partial charge in [0.05, 0.1) is 12.2 Å². The van der Waals surface area contributed by atoms with Crippen LogP contribution in [0.1, 0.15) is 30.6 Å². The summed E-state index contributed by atoms with van der Waals surface area (Å²) < 4.78 is 6.69. The van der Waals surface area contributed by atoms with E-state index in [0.717, 1.165) is 29.7 Å². The molecule has 0 N–H and O–H groups in total. The zero-order valence-corrected chi connectivity index (χ0v) is 13.0. The van der Waals surface area contributed by atoms with Gasteiger partial charge in [-0.15, -0.1) is 0 Å². The molecule has 0 aliphatic carbocycles. The fourth-order valence-electron chi connectivity index (χ4n) is 2.51. The van der Waals surface area contributed by atoms with E-state index in [-0.39, 0.29) is 18.0 Å². The van der Waals surface area contributed by atoms with Crippen LogP contribution in [0.3, 0.4) is 0 Å². The topological polar surface area (TPSA) is 29.5 Å². The van der Waals surface area contributed by atoms with Gasteiger partial charge in [0.15, 0.2) is 5.78 Å². The molecule has 1 aliphatic rings. The van der Waals surface area contributed by atoms with Gasteiger partial charge in [0.1, 0.15) is 0 Å². The molecule has 1 heterocycles. The van der Waals surface area contributed by atoms with Gasteiger partial charge in [-0.1, -0.05) is 28.1 Å². The number of ether oxygens (including phenoxy) is 1. The molecule has 0 amide bonds. The van der Waals surface area contributed by atoms with Gasteiger partial charge in [0, 0.05) is 36.1 Å². The Morgan fingerprint density at radius 2 is 1.84 bits per heavy atom. The molecule has 0 aromatic heterocycles. The van der Waals surface area contributed by atoms with Crippen LogP contribution in [0.2, 0.25) is 0 Å². The number of benzene rings is 1. The van der Waals surface area contributed by atoms with Gasteiger partial charge in [0.2, 0.25) is 0 Å². The first-order chi connectivity index (χ1) is 9.04. The van der Waals surface area contributed by atoms with Crippen LogP contribution in [0.5, 0.6) is 0 Å². The van der Waals surface area contributed by atoms with Crippen molar-refractivity contribution >= 4 is 21.7 Å². The van der Waals surface area contributed by atoms with Crippen LogP contribution < -0.4 is 0 Å². The molecule has 0 radical (unpaired) electrons. The minimum Gasteiger partial charge on any atom is -0.373 e. The van der Waals surface area contributed by atoms with E-state index in [1.54, 1.807) is 0 Å². The van der Waals surface area contributed by atoms with E-state index in [0.29, 0.717) is 6.42 Å². The Bertz CT molecular complexity index is 422. The molecule has 1 fully saturated rings. The first-order valence-corrected chi connectivity index (χ1v) is 7.50. The van der Waals surface area contributed by atoms with E-state index in [1.807, 2.05) is 24.3 Å². The highest BCUT2D eigenvalue weighted by molar-refractivity contribution is 9.10. The molecule has 1 aromatic carbocycles. The molecule has 4 heteroatoms. The maximum absolute atomic E-state index is 12.1. The van der Waals surface area contributed by atoms with Crippen molar-refractivity contribution in [3.8, 4) is 0 Å². The van der Waals surface area contributed by atoms with Crippen LogP contribution in [-0.4, -0.2) is 42.5 Å². The number of hydrogen-bond acceptors (Lipinski definition) is 3. The molecule has 0 spiro atoms. The second-order valence-corrected chi connectivity index (χ2v) is 6.11. The SMILES string of the molecule is CC1CN(CCC(=O)c2ccc(Br)cc2)CC(C)O1. The Morgan fingerprint density at radius 1 is 1.26 bits per heavy atom. The second-order valence-electron chi connectivity index (χ2n) is 5.20. The summed E-state index contributed by atoms with van der Waals surface area (Å²) in [7, 11) is 0. The molecular formula is C15H20BrNO2. The molecule has 2 unspecified atom stereocenters. The third-order valence-corrected chi connectivity index (χ3v) is 3.85. The molecule has 1 aromatic rings. The first-order valence-electron chi connectivity index (χ1n) is 6.71. The monoisotopic (exact) mass is 325 g/mol. The fourth-order valence-corrected chi connectivity index (χ4v) is 2.77. The molecule has 0 saturated carbocycles. The predicted molar refractivity (Wildman–Crippen MR) is 79.5 cm³/mol. The van der Waals surface area contributed by atoms with Crippen molar-refractivity contribution < 1.29 is 9.53 Å². The largest absolute Gasteiger partial charge is 0.373 e. The quantitative estimate of drug-likeness (QED) is 0.796. The molecular weight excluding hydrogens is 306 g/mol. The molecule has 104 valence electrons. The average molecular weight is 326 g/mol. The zero-order chi connectivity index (χ0) is 13.8. The number of morpholine rings is 1. The fraction of sp³-hybridized carbons (Fsp3) is 0.533. The molecule has 19 heavy (non-hydrogen) atoms. The summed E-state index contributed by atoms with van der Waals surface area (Å²) in [6.07, 6.45) is 1.08. The molecule has 3 nitrogen and oxygen atoms in total. The number of carbonyl (C=O) groups is 1. The summed E-state index contributed by atoms with van der Waals surface area (Å²) in [6, 6.07) is 7.56. The van der Waals surface area contributed by atoms with Crippen molar-refractivity contribution in [3.05, 3.63) is 34.3 Å². The standard InChI is InChI=1S/C15H20BrNO2/c1-11-9-17(10-12(2)19-11)8-7-15(18)13-3-5-14(16)6-4-13/h3-6,11-12H,7-10H2,1-2H3. The van der Waals surface area contributed by atoms with Crippen molar-refractivity contribution in [2.75, 3.05) is 19.6 Å². The zero-order valence-electron chi connectivity index (χ0n) is 11.4. The summed E-state index contributed by atoms with van der Waals surface area (Å²) in [5, 5.41) is 0. The number of Topliss-reactive ketones (excluding diaryl/α,β-unsaturated/α-hetero) is 1. The van der Waals surface area contributed by atoms with Crippen LogP contribution >= 0.6 is 15.9 Å². The van der Waals surface area contributed by atoms with Gasteiger partial charge < -0.3 is 4.74 Å². The van der Waals surface area contributed by atoms with Crippen LogP contribution in [0, 0.1) is 0 Å². The van der Waals surface area contributed by atoms with Crippen molar-refractivity contribution in [2.45, 2.75) is 32.5 Å². The first kappa shape index (κ1) is 14.7. The lowest BCUT2D eigenvalue weighted by Gasteiger charge is -2.35. The third kappa shape index (κ3) is 4.41. The number of nitrogens with zero attached hydrogens (tertiary/aromatic N) is 1. The van der Waals surface area contributed by atoms with Crippen LogP contribution in [0.4, 0.5) is 0 Å². The lowest BCUT2D eigenvalue weighted by Crippen LogP contribution is -2.46. The van der Waals surface area contributed by atoms with E-state index in [2.05, 4.69) is 34.7 Å².